The molecule has 0 N–H and O–H groups in total. The molecule has 5 nitrogen and oxygen atoms in total. The number of amides is 1. The number of rotatable bonds is 8. The van der Waals surface area contributed by atoms with Gasteiger partial charge in [-0.2, -0.15) is 0 Å². The number of nitrogens with zero attached hydrogens (tertiary/aromatic N) is 3. The van der Waals surface area contributed by atoms with Crippen LogP contribution < -0.4 is 4.74 Å². The zero-order valence-electron chi connectivity index (χ0n) is 24.4. The third-order valence-electron chi connectivity index (χ3n) is 8.03. The van der Waals surface area contributed by atoms with Gasteiger partial charge < -0.3 is 9.64 Å². The number of para-hydroxylation sites is 1. The van der Waals surface area contributed by atoms with Crippen LogP contribution in [0.4, 0.5) is 0 Å². The first-order valence-corrected chi connectivity index (χ1v) is 15.3. The molecule has 1 fully saturated rings. The Labute approximate surface area is 271 Å². The van der Waals surface area contributed by atoms with Gasteiger partial charge in [0.05, 0.1) is 6.04 Å². The summed E-state index contributed by atoms with van der Waals surface area (Å²) in [7, 11) is 0. The largest absolute Gasteiger partial charge is 0.487 e. The number of carbonyl (C=O) groups is 1. The maximum absolute atomic E-state index is 13.0. The summed E-state index contributed by atoms with van der Waals surface area (Å²) in [5.41, 5.74) is 5.64. The van der Waals surface area contributed by atoms with Crippen LogP contribution in [0.25, 0.3) is 0 Å². The van der Waals surface area contributed by atoms with Crippen molar-refractivity contribution in [2.45, 2.75) is 52.3 Å². The maximum Gasteiger partial charge on any atom is 0.253 e. The number of halogens is 3. The lowest BCUT2D eigenvalue weighted by Gasteiger charge is -2.40. The van der Waals surface area contributed by atoms with E-state index in [1.165, 1.54) is 25.8 Å². The molecular weight excluding hydrogens is 668 g/mol. The Morgan fingerprint density at radius 2 is 1.56 bits per heavy atom. The molecule has 0 aromatic heterocycles. The molecule has 41 heavy (non-hydrogen) atoms. The summed E-state index contributed by atoms with van der Waals surface area (Å²) in [5, 5.41) is 0. The Kier molecular flexibility index (Phi) is 12.0. The van der Waals surface area contributed by atoms with Gasteiger partial charge in [0.25, 0.3) is 5.91 Å². The van der Waals surface area contributed by atoms with Crippen molar-refractivity contribution in [3.05, 3.63) is 98.1 Å². The Bertz CT molecular complexity index is 1290. The summed E-state index contributed by atoms with van der Waals surface area (Å²) in [5.74, 6) is 1.13. The lowest BCUT2D eigenvalue weighted by molar-refractivity contribution is 0.0772. The van der Waals surface area contributed by atoms with Gasteiger partial charge in [-0.3, -0.25) is 14.6 Å². The minimum absolute atomic E-state index is 0. The van der Waals surface area contributed by atoms with Crippen molar-refractivity contribution in [1.29, 1.82) is 0 Å². The molecule has 222 valence electrons. The van der Waals surface area contributed by atoms with Crippen LogP contribution in [0.2, 0.25) is 0 Å². The number of hydrogen-bond donors (Lipinski definition) is 0. The number of piperazine rings is 1. The fourth-order valence-corrected chi connectivity index (χ4v) is 6.33. The standard InChI is InChI=1S/C33H40IN3O2.2ClH/c1-5-36(6-2)32(38)26-14-12-25(13-15-26)30(29-9-7-8-27-22-33(3,4)39-31(27)29)37-20-18-35(19-21-37)23-24-10-16-28(34)17-11-24;;/h7-17,30H,5-6,18-23H2,1-4H3;2*1H. The van der Waals surface area contributed by atoms with Crippen LogP contribution in [0.5, 0.6) is 5.75 Å². The van der Waals surface area contributed by atoms with E-state index in [0.29, 0.717) is 0 Å². The lowest BCUT2D eigenvalue weighted by atomic mass is 9.92. The summed E-state index contributed by atoms with van der Waals surface area (Å²) < 4.78 is 7.83. The molecule has 1 saturated heterocycles. The maximum atomic E-state index is 13.0. The van der Waals surface area contributed by atoms with E-state index in [4.69, 9.17) is 4.74 Å². The van der Waals surface area contributed by atoms with Crippen LogP contribution in [-0.2, 0) is 13.0 Å². The second-order valence-corrected chi connectivity index (χ2v) is 12.6. The first-order valence-electron chi connectivity index (χ1n) is 14.2. The molecule has 3 aromatic carbocycles. The van der Waals surface area contributed by atoms with Gasteiger partial charge in [-0.1, -0.05) is 42.5 Å². The summed E-state index contributed by atoms with van der Waals surface area (Å²) >= 11 is 2.36. The summed E-state index contributed by atoms with van der Waals surface area (Å²) in [4.78, 5) is 20.0. The van der Waals surface area contributed by atoms with Crippen molar-refractivity contribution in [3.8, 4) is 5.75 Å². The zero-order chi connectivity index (χ0) is 27.6. The fraction of sp³-hybridized carbons (Fsp3) is 0.424. The molecule has 0 spiro atoms. The lowest BCUT2D eigenvalue weighted by Crippen LogP contribution is -2.47. The highest BCUT2D eigenvalue weighted by atomic mass is 127. The molecule has 0 bridgehead atoms. The highest BCUT2D eigenvalue weighted by Crippen LogP contribution is 2.43. The van der Waals surface area contributed by atoms with Crippen LogP contribution >= 0.6 is 47.4 Å². The molecule has 8 heteroatoms. The van der Waals surface area contributed by atoms with Crippen molar-refractivity contribution >= 4 is 53.3 Å². The molecule has 2 aliphatic rings. The normalized spacial score (nSPS) is 17.0. The van der Waals surface area contributed by atoms with Crippen molar-refractivity contribution in [2.24, 2.45) is 0 Å². The minimum atomic E-state index is -0.199. The first-order chi connectivity index (χ1) is 18.8. The quantitative estimate of drug-likeness (QED) is 0.231. The molecule has 0 radical (unpaired) electrons. The summed E-state index contributed by atoms with van der Waals surface area (Å²) in [6, 6.07) is 23.9. The average molecular weight is 711 g/mol. The van der Waals surface area contributed by atoms with Crippen LogP contribution in [-0.4, -0.2) is 65.5 Å². The van der Waals surface area contributed by atoms with Gasteiger partial charge in [-0.15, -0.1) is 24.8 Å². The number of ether oxygens (including phenoxy) is 1. The van der Waals surface area contributed by atoms with E-state index in [1.54, 1.807) is 0 Å². The van der Waals surface area contributed by atoms with Gasteiger partial charge in [0, 0.05) is 66.9 Å². The molecular formula is C33H42Cl2IN3O2. The van der Waals surface area contributed by atoms with E-state index in [2.05, 4.69) is 101 Å². The van der Waals surface area contributed by atoms with Gasteiger partial charge in [-0.25, -0.2) is 0 Å². The highest BCUT2D eigenvalue weighted by molar-refractivity contribution is 14.1. The summed E-state index contributed by atoms with van der Waals surface area (Å²) in [6.45, 7) is 14.8. The molecule has 0 saturated carbocycles. The van der Waals surface area contributed by atoms with Gasteiger partial charge >= 0.3 is 0 Å². The van der Waals surface area contributed by atoms with E-state index < -0.39 is 0 Å². The van der Waals surface area contributed by atoms with E-state index >= 15 is 0 Å². The Morgan fingerprint density at radius 3 is 2.17 bits per heavy atom. The molecule has 1 unspecified atom stereocenters. The second kappa shape index (κ2) is 14.6. The molecule has 2 aliphatic heterocycles. The Hall–Kier alpha value is -1.84. The molecule has 2 heterocycles. The highest BCUT2D eigenvalue weighted by Gasteiger charge is 2.36. The SMILES string of the molecule is CCN(CC)C(=O)c1ccc(C(c2cccc3c2OC(C)(C)C3)N2CCN(Cc3ccc(I)cc3)CC2)cc1.Cl.Cl. The Morgan fingerprint density at radius 1 is 0.927 bits per heavy atom. The Balaban J connectivity index is 0.00000231. The van der Waals surface area contributed by atoms with Crippen molar-refractivity contribution in [1.82, 2.24) is 14.7 Å². The van der Waals surface area contributed by atoms with E-state index in [0.717, 1.165) is 63.5 Å². The molecule has 0 aliphatic carbocycles. The smallest absolute Gasteiger partial charge is 0.253 e. The fourth-order valence-electron chi connectivity index (χ4n) is 5.97. The number of benzene rings is 3. The van der Waals surface area contributed by atoms with Gasteiger partial charge in [0.15, 0.2) is 0 Å². The monoisotopic (exact) mass is 709 g/mol. The van der Waals surface area contributed by atoms with E-state index in [1.807, 2.05) is 30.9 Å². The third kappa shape index (κ3) is 7.77. The average Bonchev–Trinajstić information content (AvgIpc) is 3.26. The van der Waals surface area contributed by atoms with Crippen molar-refractivity contribution in [2.75, 3.05) is 39.3 Å². The van der Waals surface area contributed by atoms with Crippen LogP contribution in [0.15, 0.2) is 66.7 Å². The van der Waals surface area contributed by atoms with Crippen LogP contribution in [0.1, 0.15) is 66.3 Å². The van der Waals surface area contributed by atoms with Crippen LogP contribution in [0.3, 0.4) is 0 Å². The molecule has 3 aromatic rings. The number of hydrogen-bond acceptors (Lipinski definition) is 4. The van der Waals surface area contributed by atoms with Gasteiger partial charge in [0.2, 0.25) is 0 Å². The van der Waals surface area contributed by atoms with Gasteiger partial charge in [0.1, 0.15) is 11.4 Å². The predicted octanol–water partition coefficient (Wildman–Crippen LogP) is 7.24. The zero-order valence-corrected chi connectivity index (χ0v) is 28.2. The van der Waals surface area contributed by atoms with E-state index in [-0.39, 0.29) is 42.4 Å². The summed E-state index contributed by atoms with van der Waals surface area (Å²) in [6.07, 6.45) is 0.921. The minimum Gasteiger partial charge on any atom is -0.487 e. The topological polar surface area (TPSA) is 36.0 Å². The molecule has 1 amide bonds. The first kappa shape index (κ1) is 33.7. The number of fused-ring (bicyclic) bond motifs is 1. The predicted molar refractivity (Wildman–Crippen MR) is 181 cm³/mol. The molecule has 5 rings (SSSR count). The van der Waals surface area contributed by atoms with Gasteiger partial charge in [-0.05, 0) is 91.2 Å². The van der Waals surface area contributed by atoms with Crippen LogP contribution in [0, 0.1) is 3.57 Å². The van der Waals surface area contributed by atoms with Crippen molar-refractivity contribution in [3.63, 3.8) is 0 Å². The number of carbonyl (C=O) groups excluding carboxylic acids is 1. The second-order valence-electron chi connectivity index (χ2n) is 11.3. The van der Waals surface area contributed by atoms with E-state index in [9.17, 15) is 4.79 Å². The molecule has 1 atom stereocenters. The third-order valence-corrected chi connectivity index (χ3v) is 8.75. The van der Waals surface area contributed by atoms with Crippen molar-refractivity contribution < 1.29 is 9.53 Å².